The Morgan fingerprint density at radius 3 is 2.18 bits per heavy atom. The van der Waals surface area contributed by atoms with Gasteiger partial charge in [0.25, 0.3) is 0 Å². The van der Waals surface area contributed by atoms with Crippen LogP contribution in [0.5, 0.6) is 0 Å². The number of aryl methyl sites for hydroxylation is 1. The van der Waals surface area contributed by atoms with Gasteiger partial charge in [-0.05, 0) is 5.41 Å². The highest BCUT2D eigenvalue weighted by Crippen LogP contribution is 2.26. The van der Waals surface area contributed by atoms with Crippen LogP contribution >= 0.6 is 0 Å². The second-order valence-electron chi connectivity index (χ2n) is 3.82. The zero-order valence-electron chi connectivity index (χ0n) is 7.55. The van der Waals surface area contributed by atoms with E-state index in [9.17, 15) is 0 Å². The summed E-state index contributed by atoms with van der Waals surface area (Å²) in [5.41, 5.74) is 7.00. The zero-order chi connectivity index (χ0) is 8.65. The summed E-state index contributed by atoms with van der Waals surface area (Å²) in [6.45, 7) is 6.38. The summed E-state index contributed by atoms with van der Waals surface area (Å²) in [5, 5.41) is 4.07. The van der Waals surface area contributed by atoms with Crippen molar-refractivity contribution in [2.45, 2.75) is 26.2 Å². The zero-order valence-corrected chi connectivity index (χ0v) is 7.55. The maximum Gasteiger partial charge on any atom is 0.125 e. The lowest BCUT2D eigenvalue weighted by Crippen LogP contribution is -2.13. The summed E-state index contributed by atoms with van der Waals surface area (Å²) in [5.74, 6) is 0.762. The van der Waals surface area contributed by atoms with Crippen LogP contribution in [0.4, 0.5) is 5.82 Å². The van der Waals surface area contributed by atoms with Crippen LogP contribution in [-0.4, -0.2) is 9.78 Å². The van der Waals surface area contributed by atoms with Crippen molar-refractivity contribution in [2.24, 2.45) is 7.05 Å². The second-order valence-corrected chi connectivity index (χ2v) is 3.82. The lowest BCUT2D eigenvalue weighted by atomic mass is 9.89. The normalized spacial score (nSPS) is 12.0. The molecule has 3 heteroatoms. The van der Waals surface area contributed by atoms with Crippen LogP contribution in [0.25, 0.3) is 0 Å². The largest absolute Gasteiger partial charge is 0.384 e. The molecule has 0 unspecified atom stereocenters. The molecule has 0 bridgehead atoms. The third kappa shape index (κ3) is 1.37. The van der Waals surface area contributed by atoms with Crippen LogP contribution in [0.1, 0.15) is 26.3 Å². The van der Waals surface area contributed by atoms with Crippen LogP contribution in [0.3, 0.4) is 0 Å². The number of nitrogens with two attached hydrogens (primary N) is 1. The lowest BCUT2D eigenvalue weighted by molar-refractivity contribution is 0.592. The topological polar surface area (TPSA) is 43.8 Å². The van der Waals surface area contributed by atoms with Gasteiger partial charge in [-0.15, -0.1) is 0 Å². The molecule has 11 heavy (non-hydrogen) atoms. The molecule has 0 fully saturated rings. The Hall–Kier alpha value is -0.990. The van der Waals surface area contributed by atoms with Crippen LogP contribution in [0.15, 0.2) is 6.20 Å². The van der Waals surface area contributed by atoms with E-state index in [2.05, 4.69) is 25.9 Å². The molecule has 1 rings (SSSR count). The van der Waals surface area contributed by atoms with Gasteiger partial charge in [0.2, 0.25) is 0 Å². The summed E-state index contributed by atoms with van der Waals surface area (Å²) in [6.07, 6.45) is 1.83. The number of aromatic nitrogens is 2. The summed E-state index contributed by atoms with van der Waals surface area (Å²) in [4.78, 5) is 0. The van der Waals surface area contributed by atoms with E-state index >= 15 is 0 Å². The van der Waals surface area contributed by atoms with E-state index in [1.165, 1.54) is 0 Å². The Morgan fingerprint density at radius 2 is 2.00 bits per heavy atom. The fourth-order valence-electron chi connectivity index (χ4n) is 1.02. The second kappa shape index (κ2) is 2.26. The van der Waals surface area contributed by atoms with E-state index in [0.717, 1.165) is 11.4 Å². The molecule has 3 nitrogen and oxygen atoms in total. The fourth-order valence-corrected chi connectivity index (χ4v) is 1.02. The number of nitrogen functional groups attached to an aromatic ring is 1. The van der Waals surface area contributed by atoms with Gasteiger partial charge in [0.05, 0.1) is 6.20 Å². The Balaban J connectivity index is 3.15. The summed E-state index contributed by atoms with van der Waals surface area (Å²) < 4.78 is 1.70. The molecule has 0 saturated carbocycles. The molecule has 0 amide bonds. The van der Waals surface area contributed by atoms with Crippen molar-refractivity contribution in [2.75, 3.05) is 5.73 Å². The quantitative estimate of drug-likeness (QED) is 0.610. The van der Waals surface area contributed by atoms with Crippen molar-refractivity contribution in [3.63, 3.8) is 0 Å². The van der Waals surface area contributed by atoms with Crippen LogP contribution in [0.2, 0.25) is 0 Å². The van der Waals surface area contributed by atoms with Gasteiger partial charge in [0, 0.05) is 12.6 Å². The number of hydrogen-bond acceptors (Lipinski definition) is 2. The SMILES string of the molecule is Cn1ncc(C(C)(C)C)c1N. The molecule has 1 aromatic rings. The molecule has 0 aliphatic heterocycles. The molecule has 0 spiro atoms. The fraction of sp³-hybridized carbons (Fsp3) is 0.625. The smallest absolute Gasteiger partial charge is 0.125 e. The van der Waals surface area contributed by atoms with E-state index in [4.69, 9.17) is 5.73 Å². The predicted octanol–water partition coefficient (Wildman–Crippen LogP) is 1.30. The maximum absolute atomic E-state index is 5.79. The first-order valence-corrected chi connectivity index (χ1v) is 3.71. The Labute approximate surface area is 67.2 Å². The lowest BCUT2D eigenvalue weighted by Gasteiger charge is -2.16. The number of anilines is 1. The van der Waals surface area contributed by atoms with Gasteiger partial charge >= 0.3 is 0 Å². The molecule has 1 aromatic heterocycles. The van der Waals surface area contributed by atoms with E-state index in [-0.39, 0.29) is 5.41 Å². The van der Waals surface area contributed by atoms with Gasteiger partial charge < -0.3 is 5.73 Å². The number of rotatable bonds is 0. The first-order chi connectivity index (χ1) is 4.93. The molecule has 62 valence electrons. The first-order valence-electron chi connectivity index (χ1n) is 3.71. The minimum absolute atomic E-state index is 0.0956. The standard InChI is InChI=1S/C8H15N3/c1-8(2,3)6-5-10-11(4)7(6)9/h5H,9H2,1-4H3. The van der Waals surface area contributed by atoms with Crippen LogP contribution in [0, 0.1) is 0 Å². The molecule has 2 N–H and O–H groups in total. The highest BCUT2D eigenvalue weighted by molar-refractivity contribution is 5.42. The first kappa shape index (κ1) is 8.11. The summed E-state index contributed by atoms with van der Waals surface area (Å²) >= 11 is 0. The number of nitrogens with zero attached hydrogens (tertiary/aromatic N) is 2. The minimum Gasteiger partial charge on any atom is -0.384 e. The van der Waals surface area contributed by atoms with E-state index in [1.54, 1.807) is 4.68 Å². The van der Waals surface area contributed by atoms with E-state index < -0.39 is 0 Å². The highest BCUT2D eigenvalue weighted by Gasteiger charge is 2.19. The monoisotopic (exact) mass is 153 g/mol. The van der Waals surface area contributed by atoms with Gasteiger partial charge in [0.1, 0.15) is 5.82 Å². The molecule has 0 radical (unpaired) electrons. The molecule has 0 saturated heterocycles. The van der Waals surface area contributed by atoms with E-state index in [1.807, 2.05) is 13.2 Å². The van der Waals surface area contributed by atoms with Gasteiger partial charge in [-0.2, -0.15) is 5.10 Å². The molecular weight excluding hydrogens is 138 g/mol. The minimum atomic E-state index is 0.0956. The summed E-state index contributed by atoms with van der Waals surface area (Å²) in [7, 11) is 1.85. The Kier molecular flexibility index (Phi) is 1.66. The van der Waals surface area contributed by atoms with Crippen molar-refractivity contribution < 1.29 is 0 Å². The van der Waals surface area contributed by atoms with Crippen molar-refractivity contribution in [1.29, 1.82) is 0 Å². The molecule has 0 atom stereocenters. The maximum atomic E-state index is 5.79. The van der Waals surface area contributed by atoms with Crippen molar-refractivity contribution in [3.05, 3.63) is 11.8 Å². The van der Waals surface area contributed by atoms with Gasteiger partial charge in [-0.3, -0.25) is 4.68 Å². The van der Waals surface area contributed by atoms with Gasteiger partial charge in [-0.1, -0.05) is 20.8 Å². The average molecular weight is 153 g/mol. The van der Waals surface area contributed by atoms with Crippen LogP contribution in [-0.2, 0) is 12.5 Å². The highest BCUT2D eigenvalue weighted by atomic mass is 15.3. The van der Waals surface area contributed by atoms with Crippen molar-refractivity contribution in [1.82, 2.24) is 9.78 Å². The molecule has 0 aliphatic carbocycles. The van der Waals surface area contributed by atoms with Crippen molar-refractivity contribution >= 4 is 5.82 Å². The van der Waals surface area contributed by atoms with Crippen molar-refractivity contribution in [3.8, 4) is 0 Å². The number of hydrogen-bond donors (Lipinski definition) is 1. The Morgan fingerprint density at radius 1 is 1.45 bits per heavy atom. The van der Waals surface area contributed by atoms with Gasteiger partial charge in [-0.25, -0.2) is 0 Å². The van der Waals surface area contributed by atoms with Crippen LogP contribution < -0.4 is 5.73 Å². The van der Waals surface area contributed by atoms with Gasteiger partial charge in [0.15, 0.2) is 0 Å². The third-order valence-corrected chi connectivity index (χ3v) is 1.79. The average Bonchev–Trinajstić information content (AvgIpc) is 2.11. The molecule has 1 heterocycles. The molecule has 0 aromatic carbocycles. The third-order valence-electron chi connectivity index (χ3n) is 1.79. The molecular formula is C8H15N3. The predicted molar refractivity (Wildman–Crippen MR) is 46.3 cm³/mol. The van der Waals surface area contributed by atoms with E-state index in [0.29, 0.717) is 0 Å². The molecule has 0 aliphatic rings. The Bertz CT molecular complexity index is 255. The summed E-state index contributed by atoms with van der Waals surface area (Å²) in [6, 6.07) is 0.